The minimum Gasteiger partial charge on any atom is -0.330 e. The summed E-state index contributed by atoms with van der Waals surface area (Å²) in [6.07, 6.45) is 2.87. The highest BCUT2D eigenvalue weighted by atomic mass is 19.1. The Morgan fingerprint density at radius 2 is 2.04 bits per heavy atom. The zero-order valence-electron chi connectivity index (χ0n) is 13.2. The van der Waals surface area contributed by atoms with Crippen molar-refractivity contribution in [1.29, 1.82) is 0 Å². The molecule has 124 valence electrons. The zero-order chi connectivity index (χ0) is 16.5. The van der Waals surface area contributed by atoms with Crippen LogP contribution < -0.4 is 5.32 Å². The predicted octanol–water partition coefficient (Wildman–Crippen LogP) is 2.42. The van der Waals surface area contributed by atoms with Crippen LogP contribution in [-0.4, -0.2) is 24.9 Å². The lowest BCUT2D eigenvalue weighted by Gasteiger charge is -2.02. The van der Waals surface area contributed by atoms with Crippen molar-refractivity contribution in [2.75, 3.05) is 5.32 Å². The number of aromatic nitrogens is 5. The highest BCUT2D eigenvalue weighted by molar-refractivity contribution is 5.24. The molecule has 0 saturated heterocycles. The van der Waals surface area contributed by atoms with Crippen LogP contribution in [0.4, 0.5) is 10.4 Å². The second-order valence-electron chi connectivity index (χ2n) is 5.98. The van der Waals surface area contributed by atoms with Crippen molar-refractivity contribution in [3.8, 4) is 0 Å². The molecule has 4 rings (SSSR count). The first-order valence-electron chi connectivity index (χ1n) is 7.88. The monoisotopic (exact) mass is 328 g/mol. The lowest BCUT2D eigenvalue weighted by Crippen LogP contribution is -2.07. The summed E-state index contributed by atoms with van der Waals surface area (Å²) in [5.74, 6) is 2.70. The minimum atomic E-state index is -0.261. The second-order valence-corrected chi connectivity index (χ2v) is 5.98. The third-order valence-electron chi connectivity index (χ3n) is 4.08. The molecule has 7 nitrogen and oxygen atoms in total. The molecule has 1 fully saturated rings. The van der Waals surface area contributed by atoms with Crippen LogP contribution in [0.3, 0.4) is 0 Å². The zero-order valence-corrected chi connectivity index (χ0v) is 13.2. The van der Waals surface area contributed by atoms with Gasteiger partial charge in [-0.3, -0.25) is 0 Å². The normalized spacial score (nSPS) is 14.1. The number of rotatable bonds is 6. The maximum atomic E-state index is 12.9. The average molecular weight is 328 g/mol. The molecule has 0 atom stereocenters. The molecule has 1 aliphatic carbocycles. The Bertz CT molecular complexity index is 837. The summed E-state index contributed by atoms with van der Waals surface area (Å²) in [4.78, 5) is 4.29. The second kappa shape index (κ2) is 6.03. The molecular weight excluding hydrogens is 311 g/mol. The van der Waals surface area contributed by atoms with Gasteiger partial charge in [0, 0.05) is 19.4 Å². The van der Waals surface area contributed by atoms with Crippen molar-refractivity contribution in [2.24, 2.45) is 7.05 Å². The molecule has 1 saturated carbocycles. The Morgan fingerprint density at radius 1 is 1.25 bits per heavy atom. The van der Waals surface area contributed by atoms with Crippen LogP contribution in [0, 0.1) is 5.82 Å². The summed E-state index contributed by atoms with van der Waals surface area (Å²) >= 11 is 0. The molecule has 1 N–H and O–H groups in total. The molecule has 0 bridgehead atoms. The number of hydrogen-bond acceptors (Lipinski definition) is 6. The van der Waals surface area contributed by atoms with Gasteiger partial charge in [-0.2, -0.15) is 4.98 Å². The molecule has 0 aliphatic heterocycles. The largest absolute Gasteiger partial charge is 0.330 e. The first-order valence-corrected chi connectivity index (χ1v) is 7.88. The smallest absolute Gasteiger partial charge is 0.321 e. The molecule has 0 radical (unpaired) electrons. The van der Waals surface area contributed by atoms with E-state index in [4.69, 9.17) is 4.52 Å². The fourth-order valence-corrected chi connectivity index (χ4v) is 2.56. The number of benzene rings is 1. The van der Waals surface area contributed by atoms with Gasteiger partial charge in [0.05, 0.1) is 6.54 Å². The lowest BCUT2D eigenvalue weighted by molar-refractivity contribution is 0.423. The van der Waals surface area contributed by atoms with E-state index < -0.39 is 0 Å². The van der Waals surface area contributed by atoms with Gasteiger partial charge in [-0.05, 0) is 30.5 Å². The van der Waals surface area contributed by atoms with Crippen LogP contribution >= 0.6 is 0 Å². The van der Waals surface area contributed by atoms with Gasteiger partial charge < -0.3 is 14.4 Å². The maximum absolute atomic E-state index is 12.9. The van der Waals surface area contributed by atoms with Crippen LogP contribution in [-0.2, 0) is 20.0 Å². The van der Waals surface area contributed by atoms with Crippen LogP contribution in [0.1, 0.15) is 41.8 Å². The van der Waals surface area contributed by atoms with Gasteiger partial charge in [-0.1, -0.05) is 17.3 Å². The third kappa shape index (κ3) is 3.12. The Kier molecular flexibility index (Phi) is 3.72. The van der Waals surface area contributed by atoms with Gasteiger partial charge in [0.1, 0.15) is 11.6 Å². The summed E-state index contributed by atoms with van der Waals surface area (Å²) in [5, 5.41) is 15.4. The van der Waals surface area contributed by atoms with E-state index in [0.29, 0.717) is 30.7 Å². The summed E-state index contributed by atoms with van der Waals surface area (Å²) in [5.41, 5.74) is 0.922. The van der Waals surface area contributed by atoms with E-state index in [1.165, 1.54) is 25.0 Å². The Hall–Kier alpha value is -2.77. The van der Waals surface area contributed by atoms with Crippen molar-refractivity contribution in [1.82, 2.24) is 24.9 Å². The van der Waals surface area contributed by atoms with Gasteiger partial charge in [0.25, 0.3) is 0 Å². The predicted molar refractivity (Wildman–Crippen MR) is 83.8 cm³/mol. The van der Waals surface area contributed by atoms with Gasteiger partial charge in [-0.25, -0.2) is 4.39 Å². The Morgan fingerprint density at radius 3 is 2.79 bits per heavy atom. The fourth-order valence-electron chi connectivity index (χ4n) is 2.56. The van der Waals surface area contributed by atoms with Gasteiger partial charge in [0.15, 0.2) is 11.6 Å². The summed E-state index contributed by atoms with van der Waals surface area (Å²) in [6, 6.07) is 6.58. The highest BCUT2D eigenvalue weighted by Crippen LogP contribution is 2.38. The summed E-state index contributed by atoms with van der Waals surface area (Å²) in [6.45, 7) is 0.467. The van der Waals surface area contributed by atoms with Gasteiger partial charge in [0.2, 0.25) is 0 Å². The average Bonchev–Trinajstić information content (AvgIpc) is 3.22. The Labute approximate surface area is 137 Å². The minimum absolute atomic E-state index is 0.261. The molecule has 0 spiro atoms. The van der Waals surface area contributed by atoms with E-state index in [9.17, 15) is 4.39 Å². The van der Waals surface area contributed by atoms with Crippen molar-refractivity contribution in [3.05, 3.63) is 53.1 Å². The van der Waals surface area contributed by atoms with Crippen molar-refractivity contribution >= 4 is 6.01 Å². The van der Waals surface area contributed by atoms with Crippen LogP contribution in [0.2, 0.25) is 0 Å². The van der Waals surface area contributed by atoms with Crippen LogP contribution in [0.5, 0.6) is 0 Å². The van der Waals surface area contributed by atoms with Crippen molar-refractivity contribution in [2.45, 2.75) is 31.7 Å². The molecule has 0 amide bonds. The number of hydrogen-bond donors (Lipinski definition) is 1. The molecule has 3 aromatic rings. The molecule has 1 aliphatic rings. The van der Waals surface area contributed by atoms with Crippen molar-refractivity contribution < 1.29 is 8.91 Å². The van der Waals surface area contributed by atoms with E-state index in [0.717, 1.165) is 17.2 Å². The molecule has 8 heteroatoms. The topological polar surface area (TPSA) is 81.7 Å². The lowest BCUT2D eigenvalue weighted by atomic mass is 10.1. The quantitative estimate of drug-likeness (QED) is 0.748. The van der Waals surface area contributed by atoms with E-state index in [2.05, 4.69) is 25.7 Å². The van der Waals surface area contributed by atoms with E-state index in [1.54, 1.807) is 12.1 Å². The van der Waals surface area contributed by atoms with Gasteiger partial charge >= 0.3 is 6.01 Å². The van der Waals surface area contributed by atoms with Crippen LogP contribution in [0.25, 0.3) is 0 Å². The van der Waals surface area contributed by atoms with Gasteiger partial charge in [-0.15, -0.1) is 10.2 Å². The Balaban J connectivity index is 1.37. The number of anilines is 1. The summed E-state index contributed by atoms with van der Waals surface area (Å²) in [7, 11) is 1.97. The fraction of sp³-hybridized carbons (Fsp3) is 0.375. The highest BCUT2D eigenvalue weighted by Gasteiger charge is 2.29. The first kappa shape index (κ1) is 14.8. The molecule has 2 aromatic heterocycles. The summed E-state index contributed by atoms with van der Waals surface area (Å²) < 4.78 is 20.1. The van der Waals surface area contributed by atoms with E-state index in [-0.39, 0.29) is 5.82 Å². The molecule has 0 unspecified atom stereocenters. The van der Waals surface area contributed by atoms with Crippen LogP contribution in [0.15, 0.2) is 28.8 Å². The molecule has 1 aromatic carbocycles. The SMILES string of the molecule is Cn1c(CNc2nc(Cc3ccc(F)cc3)no2)nnc1C1CC1. The van der Waals surface area contributed by atoms with E-state index in [1.807, 2.05) is 11.6 Å². The van der Waals surface area contributed by atoms with Crippen molar-refractivity contribution in [3.63, 3.8) is 0 Å². The standard InChI is InChI=1S/C16H17FN6O/c1-23-14(20-21-15(23)11-4-5-11)9-18-16-19-13(22-24-16)8-10-2-6-12(17)7-3-10/h2-3,6-7,11H,4-5,8-9H2,1H3,(H,18,19,22). The molecule has 24 heavy (non-hydrogen) atoms. The molecular formula is C16H17FN6O. The number of halogens is 1. The number of nitrogens with zero attached hydrogens (tertiary/aromatic N) is 5. The third-order valence-corrected chi connectivity index (χ3v) is 4.08. The maximum Gasteiger partial charge on any atom is 0.321 e. The van der Waals surface area contributed by atoms with E-state index >= 15 is 0 Å². The first-order chi connectivity index (χ1) is 11.7. The number of nitrogens with one attached hydrogen (secondary N) is 1. The molecule has 2 heterocycles.